The van der Waals surface area contributed by atoms with Crippen LogP contribution in [-0.4, -0.2) is 18.8 Å². The highest BCUT2D eigenvalue weighted by Crippen LogP contribution is 2.37. The Bertz CT molecular complexity index is 469. The maximum Gasteiger partial charge on any atom is 0.128 e. The van der Waals surface area contributed by atoms with Crippen molar-refractivity contribution in [2.45, 2.75) is 44.3 Å². The molecule has 4 heteroatoms. The monoisotopic (exact) mass is 281 g/mol. The van der Waals surface area contributed by atoms with E-state index in [1.807, 2.05) is 12.1 Å². The highest BCUT2D eigenvalue weighted by Gasteiger charge is 2.33. The summed E-state index contributed by atoms with van der Waals surface area (Å²) in [7, 11) is 0. The number of rotatable bonds is 4. The molecular weight excluding hydrogens is 262 g/mol. The number of hydrogen-bond acceptors (Lipinski definition) is 3. The van der Waals surface area contributed by atoms with Gasteiger partial charge in [0.25, 0.3) is 0 Å². The summed E-state index contributed by atoms with van der Waals surface area (Å²) in [5.74, 6) is 0.967. The quantitative estimate of drug-likeness (QED) is 0.922. The first kappa shape index (κ1) is 13.2. The van der Waals surface area contributed by atoms with Gasteiger partial charge in [0.2, 0.25) is 0 Å². The lowest BCUT2D eigenvalue weighted by Gasteiger charge is -2.28. The van der Waals surface area contributed by atoms with Crippen LogP contribution >= 0.6 is 11.6 Å². The van der Waals surface area contributed by atoms with Crippen molar-refractivity contribution in [1.29, 1.82) is 0 Å². The van der Waals surface area contributed by atoms with Gasteiger partial charge in [-0.3, -0.25) is 0 Å². The van der Waals surface area contributed by atoms with E-state index < -0.39 is 0 Å². The van der Waals surface area contributed by atoms with Crippen molar-refractivity contribution in [3.8, 4) is 5.75 Å². The Morgan fingerprint density at radius 2 is 2.11 bits per heavy atom. The van der Waals surface area contributed by atoms with Crippen LogP contribution in [0.5, 0.6) is 5.75 Å². The highest BCUT2D eigenvalue weighted by atomic mass is 35.5. The van der Waals surface area contributed by atoms with E-state index in [0.29, 0.717) is 13.2 Å². The highest BCUT2D eigenvalue weighted by molar-refractivity contribution is 6.30. The topological polar surface area (TPSA) is 44.5 Å². The molecule has 104 valence electrons. The molecule has 0 radical (unpaired) electrons. The van der Waals surface area contributed by atoms with Crippen LogP contribution in [0, 0.1) is 0 Å². The standard InChI is InChI=1S/C15H20ClNO2/c16-13-7-11-3-6-18-14(11)12(8-13)9-19-15(10-17)4-1-2-5-15/h7-8H,1-6,9-10,17H2. The number of halogens is 1. The van der Waals surface area contributed by atoms with Crippen LogP contribution in [0.25, 0.3) is 0 Å². The molecule has 2 aliphatic rings. The molecule has 1 saturated carbocycles. The van der Waals surface area contributed by atoms with Crippen molar-refractivity contribution in [3.05, 3.63) is 28.3 Å². The van der Waals surface area contributed by atoms with Crippen molar-refractivity contribution in [1.82, 2.24) is 0 Å². The first-order valence-corrected chi connectivity index (χ1v) is 7.38. The molecule has 1 aromatic rings. The molecule has 1 aliphatic carbocycles. The zero-order chi connectivity index (χ0) is 13.3. The molecule has 0 amide bonds. The van der Waals surface area contributed by atoms with Crippen LogP contribution in [-0.2, 0) is 17.8 Å². The minimum absolute atomic E-state index is 0.131. The van der Waals surface area contributed by atoms with Crippen LogP contribution < -0.4 is 10.5 Å². The van der Waals surface area contributed by atoms with Crippen LogP contribution in [0.2, 0.25) is 5.02 Å². The largest absolute Gasteiger partial charge is 0.493 e. The third kappa shape index (κ3) is 2.60. The predicted octanol–water partition coefficient (Wildman–Crippen LogP) is 3.06. The van der Waals surface area contributed by atoms with E-state index in [0.717, 1.165) is 42.2 Å². The molecular formula is C15H20ClNO2. The maximum absolute atomic E-state index is 6.16. The van der Waals surface area contributed by atoms with Gasteiger partial charge in [-0.15, -0.1) is 0 Å². The smallest absolute Gasteiger partial charge is 0.128 e. The molecule has 3 rings (SSSR count). The second-order valence-corrected chi connectivity index (χ2v) is 5.97. The molecule has 0 aromatic heterocycles. The van der Waals surface area contributed by atoms with Gasteiger partial charge in [0.1, 0.15) is 5.75 Å². The first-order valence-electron chi connectivity index (χ1n) is 7.01. The van der Waals surface area contributed by atoms with Gasteiger partial charge < -0.3 is 15.2 Å². The van der Waals surface area contributed by atoms with Gasteiger partial charge in [-0.25, -0.2) is 0 Å². The van der Waals surface area contributed by atoms with E-state index in [1.165, 1.54) is 18.4 Å². The van der Waals surface area contributed by atoms with Gasteiger partial charge >= 0.3 is 0 Å². The van der Waals surface area contributed by atoms with Gasteiger partial charge in [-0.1, -0.05) is 24.4 Å². The van der Waals surface area contributed by atoms with Crippen molar-refractivity contribution in [2.24, 2.45) is 5.73 Å². The third-order valence-electron chi connectivity index (χ3n) is 4.25. The Labute approximate surface area is 119 Å². The Morgan fingerprint density at radius 1 is 1.32 bits per heavy atom. The van der Waals surface area contributed by atoms with E-state index in [-0.39, 0.29) is 5.60 Å². The summed E-state index contributed by atoms with van der Waals surface area (Å²) in [5, 5.41) is 0.760. The van der Waals surface area contributed by atoms with Gasteiger partial charge in [0.15, 0.2) is 0 Å². The molecule has 0 bridgehead atoms. The summed E-state index contributed by atoms with van der Waals surface area (Å²) < 4.78 is 11.8. The van der Waals surface area contributed by atoms with Crippen molar-refractivity contribution < 1.29 is 9.47 Å². The number of nitrogens with two attached hydrogens (primary N) is 1. The minimum atomic E-state index is -0.131. The van der Waals surface area contributed by atoms with Crippen molar-refractivity contribution in [3.63, 3.8) is 0 Å². The third-order valence-corrected chi connectivity index (χ3v) is 4.46. The summed E-state index contributed by atoms with van der Waals surface area (Å²) >= 11 is 6.16. The lowest BCUT2D eigenvalue weighted by Crippen LogP contribution is -2.37. The maximum atomic E-state index is 6.16. The number of ether oxygens (including phenoxy) is 2. The van der Waals surface area contributed by atoms with Crippen LogP contribution in [0.1, 0.15) is 36.8 Å². The second kappa shape index (κ2) is 5.31. The summed E-state index contributed by atoms with van der Waals surface area (Å²) in [5.41, 5.74) is 8.01. The normalized spacial score (nSPS) is 20.3. The molecule has 3 nitrogen and oxygen atoms in total. The Kier molecular flexibility index (Phi) is 3.70. The average Bonchev–Trinajstić information content (AvgIpc) is 3.05. The van der Waals surface area contributed by atoms with E-state index in [9.17, 15) is 0 Å². The molecule has 2 N–H and O–H groups in total. The molecule has 1 fully saturated rings. The Balaban J connectivity index is 1.77. The Hall–Kier alpha value is -0.770. The van der Waals surface area contributed by atoms with E-state index in [4.69, 9.17) is 26.8 Å². The van der Waals surface area contributed by atoms with E-state index >= 15 is 0 Å². The molecule has 1 aromatic carbocycles. The van der Waals surface area contributed by atoms with Crippen molar-refractivity contribution in [2.75, 3.05) is 13.2 Å². The van der Waals surface area contributed by atoms with E-state index in [1.54, 1.807) is 0 Å². The predicted molar refractivity (Wildman–Crippen MR) is 75.7 cm³/mol. The van der Waals surface area contributed by atoms with Crippen molar-refractivity contribution >= 4 is 11.6 Å². The molecule has 0 unspecified atom stereocenters. The fourth-order valence-corrected chi connectivity index (χ4v) is 3.37. The lowest BCUT2D eigenvalue weighted by molar-refractivity contribution is -0.0454. The van der Waals surface area contributed by atoms with Gasteiger partial charge in [-0.05, 0) is 30.5 Å². The van der Waals surface area contributed by atoms with Gasteiger partial charge in [0.05, 0.1) is 18.8 Å². The first-order chi connectivity index (χ1) is 9.22. The fourth-order valence-electron chi connectivity index (χ4n) is 3.11. The lowest BCUT2D eigenvalue weighted by atomic mass is 10.0. The SMILES string of the molecule is NCC1(OCc2cc(Cl)cc3c2OCC3)CCCC1. The molecule has 1 heterocycles. The molecule has 0 spiro atoms. The summed E-state index contributed by atoms with van der Waals surface area (Å²) in [6, 6.07) is 3.94. The number of fused-ring (bicyclic) bond motifs is 1. The number of hydrogen-bond donors (Lipinski definition) is 1. The zero-order valence-electron chi connectivity index (χ0n) is 11.1. The summed E-state index contributed by atoms with van der Waals surface area (Å²) in [4.78, 5) is 0. The second-order valence-electron chi connectivity index (χ2n) is 5.53. The fraction of sp³-hybridized carbons (Fsp3) is 0.600. The van der Waals surface area contributed by atoms with Gasteiger partial charge in [0, 0.05) is 23.6 Å². The van der Waals surface area contributed by atoms with E-state index in [2.05, 4.69) is 0 Å². The average molecular weight is 282 g/mol. The summed E-state index contributed by atoms with van der Waals surface area (Å²) in [6.45, 7) is 1.88. The number of benzene rings is 1. The molecule has 0 atom stereocenters. The Morgan fingerprint density at radius 3 is 2.84 bits per heavy atom. The van der Waals surface area contributed by atoms with Crippen LogP contribution in [0.3, 0.4) is 0 Å². The summed E-state index contributed by atoms with van der Waals surface area (Å²) in [6.07, 6.45) is 5.48. The zero-order valence-corrected chi connectivity index (χ0v) is 11.8. The van der Waals surface area contributed by atoms with Crippen LogP contribution in [0.15, 0.2) is 12.1 Å². The molecule has 1 aliphatic heterocycles. The van der Waals surface area contributed by atoms with Crippen LogP contribution in [0.4, 0.5) is 0 Å². The molecule has 19 heavy (non-hydrogen) atoms. The minimum Gasteiger partial charge on any atom is -0.493 e. The molecule has 0 saturated heterocycles. The van der Waals surface area contributed by atoms with Gasteiger partial charge in [-0.2, -0.15) is 0 Å².